The van der Waals surface area contributed by atoms with E-state index in [2.05, 4.69) is 42.2 Å². The Balaban J connectivity index is 2.22. The van der Waals surface area contributed by atoms with E-state index in [9.17, 15) is 0 Å². The minimum atomic E-state index is 0.609. The molecule has 1 atom stereocenters. The summed E-state index contributed by atoms with van der Waals surface area (Å²) in [4.78, 5) is 6.35. The molecule has 2 aliphatic heterocycles. The molecule has 0 saturated carbocycles. The first kappa shape index (κ1) is 14.9. The summed E-state index contributed by atoms with van der Waals surface area (Å²) in [5.74, 6) is 1.23. The summed E-state index contributed by atoms with van der Waals surface area (Å²) in [5.41, 5.74) is 9.76. The van der Waals surface area contributed by atoms with E-state index in [1.165, 1.54) is 24.0 Å². The van der Waals surface area contributed by atoms with Gasteiger partial charge in [0.2, 0.25) is 0 Å². The van der Waals surface area contributed by atoms with Gasteiger partial charge in [-0.05, 0) is 51.1 Å². The standard InChI is InChI=1S/C16H26N4/c1-4-12(2)15-16(17)19-8-9-20(15)11-13(3)14-6-5-7-18-10-14/h8-9,11,14,18H,4-7,10H2,1-3H3,(H2,17,19)/b13-11+,15-12+. The van der Waals surface area contributed by atoms with E-state index in [1.807, 2.05) is 6.20 Å². The first-order valence-corrected chi connectivity index (χ1v) is 7.51. The molecule has 0 aromatic rings. The average molecular weight is 274 g/mol. The largest absolute Gasteiger partial charge is 0.382 e. The van der Waals surface area contributed by atoms with Crippen LogP contribution in [0.15, 0.2) is 40.4 Å². The quantitative estimate of drug-likeness (QED) is 0.832. The van der Waals surface area contributed by atoms with Crippen LogP contribution in [-0.2, 0) is 0 Å². The number of nitrogens with one attached hydrogen (secondary N) is 1. The Bertz CT molecular complexity index is 465. The summed E-state index contributed by atoms with van der Waals surface area (Å²) < 4.78 is 0. The lowest BCUT2D eigenvalue weighted by Crippen LogP contribution is -2.32. The van der Waals surface area contributed by atoms with Gasteiger partial charge in [0, 0.05) is 25.1 Å². The summed E-state index contributed by atoms with van der Waals surface area (Å²) in [6.07, 6.45) is 9.47. The third kappa shape index (κ3) is 3.31. The van der Waals surface area contributed by atoms with Gasteiger partial charge in [-0.25, -0.2) is 4.99 Å². The van der Waals surface area contributed by atoms with E-state index in [1.54, 1.807) is 6.20 Å². The molecule has 1 saturated heterocycles. The number of hydrogen-bond donors (Lipinski definition) is 2. The third-order valence-electron chi connectivity index (χ3n) is 4.16. The molecule has 3 N–H and O–H groups in total. The van der Waals surface area contributed by atoms with Gasteiger partial charge in [0.05, 0.1) is 5.70 Å². The molecule has 1 unspecified atom stereocenters. The van der Waals surface area contributed by atoms with Crippen LogP contribution in [0.4, 0.5) is 0 Å². The molecule has 4 heteroatoms. The van der Waals surface area contributed by atoms with E-state index >= 15 is 0 Å². The molecular formula is C16H26N4. The highest BCUT2D eigenvalue weighted by Gasteiger charge is 2.19. The van der Waals surface area contributed by atoms with E-state index in [-0.39, 0.29) is 0 Å². The van der Waals surface area contributed by atoms with Crippen molar-refractivity contribution in [3.63, 3.8) is 0 Å². The summed E-state index contributed by atoms with van der Waals surface area (Å²) in [7, 11) is 0. The van der Waals surface area contributed by atoms with Crippen molar-refractivity contribution in [3.8, 4) is 0 Å². The van der Waals surface area contributed by atoms with E-state index < -0.39 is 0 Å². The zero-order valence-corrected chi connectivity index (χ0v) is 12.8. The fourth-order valence-corrected chi connectivity index (χ4v) is 2.73. The number of aliphatic imine (C=N–C) groups is 1. The van der Waals surface area contributed by atoms with Gasteiger partial charge in [0.25, 0.3) is 0 Å². The molecule has 0 bridgehead atoms. The second kappa shape index (κ2) is 6.75. The molecule has 2 heterocycles. The molecule has 0 aromatic heterocycles. The lowest BCUT2D eigenvalue weighted by Gasteiger charge is -2.28. The van der Waals surface area contributed by atoms with Crippen LogP contribution >= 0.6 is 0 Å². The van der Waals surface area contributed by atoms with Crippen molar-refractivity contribution >= 4 is 5.84 Å². The van der Waals surface area contributed by atoms with Crippen LogP contribution in [0, 0.1) is 5.92 Å². The maximum Gasteiger partial charge on any atom is 0.147 e. The fraction of sp³-hybridized carbons (Fsp3) is 0.562. The van der Waals surface area contributed by atoms with Gasteiger partial charge in [-0.3, -0.25) is 0 Å². The smallest absolute Gasteiger partial charge is 0.147 e. The van der Waals surface area contributed by atoms with Crippen molar-refractivity contribution in [2.24, 2.45) is 16.6 Å². The van der Waals surface area contributed by atoms with Gasteiger partial charge in [0.1, 0.15) is 5.84 Å². The van der Waals surface area contributed by atoms with Crippen LogP contribution in [0.25, 0.3) is 0 Å². The molecule has 110 valence electrons. The number of piperidine rings is 1. The van der Waals surface area contributed by atoms with Crippen LogP contribution in [-0.4, -0.2) is 23.8 Å². The zero-order valence-electron chi connectivity index (χ0n) is 12.8. The molecule has 20 heavy (non-hydrogen) atoms. The predicted molar refractivity (Wildman–Crippen MR) is 84.9 cm³/mol. The highest BCUT2D eigenvalue weighted by Crippen LogP contribution is 2.23. The molecule has 1 fully saturated rings. The summed E-state index contributed by atoms with van der Waals surface area (Å²) >= 11 is 0. The van der Waals surface area contributed by atoms with Crippen molar-refractivity contribution in [3.05, 3.63) is 35.4 Å². The normalized spacial score (nSPS) is 26.6. The van der Waals surface area contributed by atoms with Crippen molar-refractivity contribution in [2.45, 2.75) is 40.0 Å². The minimum Gasteiger partial charge on any atom is -0.382 e. The van der Waals surface area contributed by atoms with Gasteiger partial charge in [-0.15, -0.1) is 0 Å². The van der Waals surface area contributed by atoms with Gasteiger partial charge in [-0.2, -0.15) is 0 Å². The molecule has 0 radical (unpaired) electrons. The maximum absolute atomic E-state index is 6.06. The molecule has 4 nitrogen and oxygen atoms in total. The van der Waals surface area contributed by atoms with Gasteiger partial charge in [-0.1, -0.05) is 12.5 Å². The summed E-state index contributed by atoms with van der Waals surface area (Å²) in [6, 6.07) is 0. The Labute approximate surface area is 122 Å². The third-order valence-corrected chi connectivity index (χ3v) is 4.16. The van der Waals surface area contributed by atoms with Gasteiger partial charge < -0.3 is 16.0 Å². The topological polar surface area (TPSA) is 53.6 Å². The second-order valence-corrected chi connectivity index (χ2v) is 5.62. The minimum absolute atomic E-state index is 0.609. The monoisotopic (exact) mass is 274 g/mol. The van der Waals surface area contributed by atoms with E-state index in [4.69, 9.17) is 5.73 Å². The average Bonchev–Trinajstić information content (AvgIpc) is 2.47. The summed E-state index contributed by atoms with van der Waals surface area (Å²) in [5, 5.41) is 3.47. The Morgan fingerprint density at radius 2 is 2.35 bits per heavy atom. The molecule has 0 amide bonds. The maximum atomic E-state index is 6.06. The van der Waals surface area contributed by atoms with E-state index in [0.29, 0.717) is 11.8 Å². The summed E-state index contributed by atoms with van der Waals surface area (Å²) in [6.45, 7) is 8.71. The predicted octanol–water partition coefficient (Wildman–Crippen LogP) is 2.72. The first-order valence-electron chi connectivity index (χ1n) is 7.51. The number of nitrogens with two attached hydrogens (primary N) is 1. The van der Waals surface area contributed by atoms with Gasteiger partial charge >= 0.3 is 0 Å². The van der Waals surface area contributed by atoms with Gasteiger partial charge in [0.15, 0.2) is 0 Å². The fourth-order valence-electron chi connectivity index (χ4n) is 2.73. The molecule has 2 aliphatic rings. The number of allylic oxidation sites excluding steroid dienone is 1. The number of amidine groups is 1. The van der Waals surface area contributed by atoms with Crippen LogP contribution in [0.5, 0.6) is 0 Å². The van der Waals surface area contributed by atoms with Crippen LogP contribution < -0.4 is 11.1 Å². The van der Waals surface area contributed by atoms with Crippen molar-refractivity contribution in [2.75, 3.05) is 13.1 Å². The lowest BCUT2D eigenvalue weighted by molar-refractivity contribution is 0.417. The van der Waals surface area contributed by atoms with Crippen LogP contribution in [0.3, 0.4) is 0 Å². The molecule has 0 aromatic carbocycles. The van der Waals surface area contributed by atoms with Crippen LogP contribution in [0.2, 0.25) is 0 Å². The van der Waals surface area contributed by atoms with Crippen molar-refractivity contribution < 1.29 is 0 Å². The number of rotatable bonds is 3. The SMILES string of the molecule is CC/C(C)=C1\C(N)=NC=CN1/C=C(\C)C1CCCNC1. The first-order chi connectivity index (χ1) is 9.63. The molecular weight excluding hydrogens is 248 g/mol. The van der Waals surface area contributed by atoms with Crippen molar-refractivity contribution in [1.29, 1.82) is 0 Å². The Kier molecular flexibility index (Phi) is 5.01. The van der Waals surface area contributed by atoms with E-state index in [0.717, 1.165) is 25.2 Å². The highest BCUT2D eigenvalue weighted by atomic mass is 15.2. The second-order valence-electron chi connectivity index (χ2n) is 5.62. The van der Waals surface area contributed by atoms with Crippen molar-refractivity contribution in [1.82, 2.24) is 10.2 Å². The molecule has 2 rings (SSSR count). The Morgan fingerprint density at radius 3 is 3.00 bits per heavy atom. The molecule has 0 aliphatic carbocycles. The Morgan fingerprint density at radius 1 is 1.55 bits per heavy atom. The molecule has 0 spiro atoms. The lowest BCUT2D eigenvalue weighted by atomic mass is 9.93. The van der Waals surface area contributed by atoms with Crippen LogP contribution in [0.1, 0.15) is 40.0 Å². The zero-order chi connectivity index (χ0) is 14.5. The highest BCUT2D eigenvalue weighted by molar-refractivity contribution is 5.98. The Hall–Kier alpha value is -1.55. The number of nitrogens with zero attached hydrogens (tertiary/aromatic N) is 2. The number of hydrogen-bond acceptors (Lipinski definition) is 4.